The van der Waals surface area contributed by atoms with Gasteiger partial charge in [0.2, 0.25) is 5.91 Å². The van der Waals surface area contributed by atoms with E-state index in [9.17, 15) is 23.2 Å². The molecule has 0 aromatic heterocycles. The minimum Gasteiger partial charge on any atom is -0.481 e. The third-order valence-corrected chi connectivity index (χ3v) is 7.39. The van der Waals surface area contributed by atoms with E-state index in [4.69, 9.17) is 9.84 Å². The molecule has 0 saturated heterocycles. The normalized spacial score (nSPS) is 24.0. The first-order chi connectivity index (χ1) is 16.8. The average Bonchev–Trinajstić information content (AvgIpc) is 3.17. The van der Waals surface area contributed by atoms with Crippen LogP contribution in [0.15, 0.2) is 48.5 Å². The van der Waals surface area contributed by atoms with E-state index in [0.717, 1.165) is 22.3 Å². The molecule has 3 unspecified atom stereocenters. The Morgan fingerprint density at radius 2 is 1.57 bits per heavy atom. The quantitative estimate of drug-likeness (QED) is 0.527. The third-order valence-electron chi connectivity index (χ3n) is 7.39. The number of amides is 2. The molecule has 7 nitrogen and oxygen atoms in total. The van der Waals surface area contributed by atoms with Gasteiger partial charge in [0, 0.05) is 30.2 Å². The zero-order valence-corrected chi connectivity index (χ0v) is 18.9. The fraction of sp³-hybridized carbons (Fsp3) is 0.423. The van der Waals surface area contributed by atoms with Gasteiger partial charge in [-0.05, 0) is 41.5 Å². The molecule has 184 valence electrons. The molecular formula is C26H26F2N2O5. The molecule has 9 heteroatoms. The van der Waals surface area contributed by atoms with Crippen LogP contribution in [0, 0.1) is 11.8 Å². The van der Waals surface area contributed by atoms with Crippen molar-refractivity contribution in [3.05, 3.63) is 59.7 Å². The summed E-state index contributed by atoms with van der Waals surface area (Å²) < 4.78 is 32.4. The average molecular weight is 484 g/mol. The first kappa shape index (κ1) is 23.3. The van der Waals surface area contributed by atoms with Gasteiger partial charge in [-0.15, -0.1) is 0 Å². The second-order valence-electron chi connectivity index (χ2n) is 9.52. The largest absolute Gasteiger partial charge is 0.481 e. The zero-order chi connectivity index (χ0) is 24.7. The lowest BCUT2D eigenvalue weighted by Gasteiger charge is -2.22. The third kappa shape index (κ3) is 4.47. The number of fused-ring (bicyclic) bond motifs is 4. The van der Waals surface area contributed by atoms with E-state index in [1.54, 1.807) is 0 Å². The molecule has 2 aromatic rings. The number of hydrogen-bond donors (Lipinski definition) is 3. The van der Waals surface area contributed by atoms with Crippen molar-refractivity contribution in [1.82, 2.24) is 10.6 Å². The minimum atomic E-state index is -2.65. The number of nitrogens with one attached hydrogen (secondary N) is 2. The van der Waals surface area contributed by atoms with Crippen molar-refractivity contribution in [3.8, 4) is 11.1 Å². The highest BCUT2D eigenvalue weighted by molar-refractivity contribution is 5.86. The number of carboxylic acid groups (broad SMARTS) is 1. The number of hydrogen-bond acceptors (Lipinski definition) is 4. The Labute approximate surface area is 200 Å². The summed E-state index contributed by atoms with van der Waals surface area (Å²) in [6, 6.07) is 14.2. The highest BCUT2D eigenvalue weighted by Gasteiger charge is 2.71. The van der Waals surface area contributed by atoms with Crippen LogP contribution in [-0.2, 0) is 14.3 Å². The molecule has 2 saturated carbocycles. The van der Waals surface area contributed by atoms with Crippen molar-refractivity contribution < 1.29 is 33.0 Å². The van der Waals surface area contributed by atoms with E-state index < -0.39 is 47.8 Å². The van der Waals surface area contributed by atoms with Crippen molar-refractivity contribution in [2.45, 2.75) is 49.6 Å². The van der Waals surface area contributed by atoms with Crippen molar-refractivity contribution in [2.24, 2.45) is 11.8 Å². The van der Waals surface area contributed by atoms with Crippen LogP contribution >= 0.6 is 0 Å². The number of carbonyl (C=O) groups is 3. The summed E-state index contributed by atoms with van der Waals surface area (Å²) >= 11 is 0. The standard InChI is InChI=1S/C26H26F2N2O5/c27-26(28)20-11-14(12-21(20)26)29-24(33)22(9-10-23(31)32)30-25(34)35-13-19-17-7-3-1-5-15(17)16-6-2-4-8-18(16)19/h1-8,14,19-22H,9-13H2,(H,29,33)(H,30,34)(H,31,32). The lowest BCUT2D eigenvalue weighted by molar-refractivity contribution is -0.137. The Morgan fingerprint density at radius 1 is 1.00 bits per heavy atom. The highest BCUT2D eigenvalue weighted by Crippen LogP contribution is 2.64. The van der Waals surface area contributed by atoms with Crippen LogP contribution in [0.2, 0.25) is 0 Å². The van der Waals surface area contributed by atoms with Crippen molar-refractivity contribution in [1.29, 1.82) is 0 Å². The van der Waals surface area contributed by atoms with E-state index in [2.05, 4.69) is 10.6 Å². The molecular weight excluding hydrogens is 458 g/mol. The van der Waals surface area contributed by atoms with Gasteiger partial charge >= 0.3 is 12.1 Å². The van der Waals surface area contributed by atoms with Gasteiger partial charge in [0.15, 0.2) is 0 Å². The number of aliphatic carboxylic acids is 1. The molecule has 0 radical (unpaired) electrons. The molecule has 3 aliphatic rings. The second kappa shape index (κ2) is 8.94. The van der Waals surface area contributed by atoms with Gasteiger partial charge < -0.3 is 20.5 Å². The predicted molar refractivity (Wildman–Crippen MR) is 122 cm³/mol. The monoisotopic (exact) mass is 484 g/mol. The Bertz CT molecular complexity index is 1110. The molecule has 0 bridgehead atoms. The fourth-order valence-corrected chi connectivity index (χ4v) is 5.55. The van der Waals surface area contributed by atoms with E-state index >= 15 is 0 Å². The zero-order valence-electron chi connectivity index (χ0n) is 18.9. The minimum absolute atomic E-state index is 0.0498. The number of benzene rings is 2. The van der Waals surface area contributed by atoms with Crippen LogP contribution in [0.5, 0.6) is 0 Å². The lowest BCUT2D eigenvalue weighted by atomic mass is 9.98. The smallest absolute Gasteiger partial charge is 0.407 e. The summed E-state index contributed by atoms with van der Waals surface area (Å²) in [7, 11) is 0. The summed E-state index contributed by atoms with van der Waals surface area (Å²) in [5, 5.41) is 14.2. The van der Waals surface area contributed by atoms with Crippen LogP contribution in [0.1, 0.15) is 42.7 Å². The van der Waals surface area contributed by atoms with E-state index in [0.29, 0.717) is 0 Å². The van der Waals surface area contributed by atoms with Gasteiger partial charge in [-0.1, -0.05) is 48.5 Å². The SMILES string of the molecule is O=C(O)CCC(NC(=O)OCC1c2ccccc2-c2ccccc21)C(=O)NC1CC2C(C1)C2(F)F. The molecule has 5 rings (SSSR count). The first-order valence-corrected chi connectivity index (χ1v) is 11.8. The maximum Gasteiger partial charge on any atom is 0.407 e. The molecule has 2 fully saturated rings. The van der Waals surface area contributed by atoms with Gasteiger partial charge in [0.05, 0.1) is 0 Å². The number of alkyl carbamates (subject to hydrolysis) is 1. The molecule has 0 heterocycles. The van der Waals surface area contributed by atoms with Crippen molar-refractivity contribution in [2.75, 3.05) is 6.61 Å². The summed E-state index contributed by atoms with van der Waals surface area (Å²) in [6.45, 7) is 0.0498. The van der Waals surface area contributed by atoms with Gasteiger partial charge in [-0.2, -0.15) is 0 Å². The lowest BCUT2D eigenvalue weighted by Crippen LogP contribution is -2.50. The summed E-state index contributed by atoms with van der Waals surface area (Å²) in [4.78, 5) is 36.4. The number of alkyl halides is 2. The molecule has 35 heavy (non-hydrogen) atoms. The van der Waals surface area contributed by atoms with E-state index in [1.165, 1.54) is 0 Å². The molecule has 2 aromatic carbocycles. The van der Waals surface area contributed by atoms with E-state index in [1.807, 2.05) is 48.5 Å². The van der Waals surface area contributed by atoms with Crippen LogP contribution in [-0.4, -0.2) is 47.7 Å². The van der Waals surface area contributed by atoms with E-state index in [-0.39, 0.29) is 38.2 Å². The first-order valence-electron chi connectivity index (χ1n) is 11.8. The number of ether oxygens (including phenoxy) is 1. The van der Waals surface area contributed by atoms with Crippen LogP contribution in [0.4, 0.5) is 13.6 Å². The van der Waals surface area contributed by atoms with Gasteiger partial charge in [0.25, 0.3) is 5.92 Å². The predicted octanol–water partition coefficient (Wildman–Crippen LogP) is 3.92. The van der Waals surface area contributed by atoms with Gasteiger partial charge in [-0.25, -0.2) is 13.6 Å². The van der Waals surface area contributed by atoms with Crippen molar-refractivity contribution >= 4 is 18.0 Å². The number of halogens is 2. The molecule has 3 N–H and O–H groups in total. The Morgan fingerprint density at radius 3 is 2.14 bits per heavy atom. The Balaban J connectivity index is 1.20. The Kier molecular flexibility index (Phi) is 5.94. The summed E-state index contributed by atoms with van der Waals surface area (Å²) in [5.74, 6) is -5.93. The van der Waals surface area contributed by atoms with Crippen LogP contribution < -0.4 is 10.6 Å². The topological polar surface area (TPSA) is 105 Å². The maximum atomic E-state index is 13.4. The van der Waals surface area contributed by atoms with Crippen LogP contribution in [0.3, 0.4) is 0 Å². The highest BCUT2D eigenvalue weighted by atomic mass is 19.3. The maximum absolute atomic E-state index is 13.4. The number of rotatable bonds is 8. The molecule has 0 spiro atoms. The van der Waals surface area contributed by atoms with Gasteiger partial charge in [0.1, 0.15) is 12.6 Å². The molecule has 2 amide bonds. The number of carbonyl (C=O) groups excluding carboxylic acids is 2. The summed E-state index contributed by atoms with van der Waals surface area (Å²) in [5.41, 5.74) is 4.24. The van der Waals surface area contributed by atoms with Gasteiger partial charge in [-0.3, -0.25) is 9.59 Å². The molecule has 3 atom stereocenters. The number of carboxylic acids is 1. The Hall–Kier alpha value is -3.49. The molecule has 3 aliphatic carbocycles. The molecule has 0 aliphatic heterocycles. The second-order valence-corrected chi connectivity index (χ2v) is 9.52. The van der Waals surface area contributed by atoms with Crippen molar-refractivity contribution in [3.63, 3.8) is 0 Å². The fourth-order valence-electron chi connectivity index (χ4n) is 5.55. The van der Waals surface area contributed by atoms with Crippen LogP contribution in [0.25, 0.3) is 11.1 Å². The summed E-state index contributed by atoms with van der Waals surface area (Å²) in [6.07, 6.45) is -0.949.